The highest BCUT2D eigenvalue weighted by Crippen LogP contribution is 2.25. The Bertz CT molecular complexity index is 426. The van der Waals surface area contributed by atoms with Crippen LogP contribution in [0.5, 0.6) is 5.75 Å². The number of aryl methyl sites for hydroxylation is 3. The molecule has 1 unspecified atom stereocenters. The summed E-state index contributed by atoms with van der Waals surface area (Å²) < 4.78 is 5.79. The predicted octanol–water partition coefficient (Wildman–Crippen LogP) is 3.74. The van der Waals surface area contributed by atoms with Gasteiger partial charge in [-0.25, -0.2) is 0 Å². The lowest BCUT2D eigenvalue weighted by Crippen LogP contribution is -2.22. The fourth-order valence-corrected chi connectivity index (χ4v) is 2.42. The van der Waals surface area contributed by atoms with E-state index in [1.807, 2.05) is 27.7 Å². The first-order valence-corrected chi connectivity index (χ1v) is 6.76. The smallest absolute Gasteiger partial charge is 0.306 e. The van der Waals surface area contributed by atoms with E-state index in [0.717, 1.165) is 16.9 Å². The summed E-state index contributed by atoms with van der Waals surface area (Å²) in [6.45, 7) is 10.4. The quantitative estimate of drug-likeness (QED) is 0.851. The van der Waals surface area contributed by atoms with Crippen LogP contribution in [0.15, 0.2) is 12.1 Å². The second kappa shape index (κ2) is 6.60. The Morgan fingerprint density at radius 3 is 2.16 bits per heavy atom. The highest BCUT2D eigenvalue weighted by atomic mass is 16.5. The van der Waals surface area contributed by atoms with Gasteiger partial charge in [-0.05, 0) is 44.2 Å². The Balaban J connectivity index is 2.65. The van der Waals surface area contributed by atoms with Gasteiger partial charge in [0.15, 0.2) is 0 Å². The molecule has 106 valence electrons. The molecule has 0 saturated heterocycles. The lowest BCUT2D eigenvalue weighted by Gasteiger charge is -2.18. The average Bonchev–Trinajstić information content (AvgIpc) is 2.25. The van der Waals surface area contributed by atoms with Crippen molar-refractivity contribution in [2.45, 2.75) is 41.0 Å². The van der Waals surface area contributed by atoms with Crippen LogP contribution in [0.1, 0.15) is 37.0 Å². The molecule has 19 heavy (non-hydrogen) atoms. The van der Waals surface area contributed by atoms with Crippen molar-refractivity contribution in [2.75, 3.05) is 6.61 Å². The molecular weight excluding hydrogens is 240 g/mol. The number of hydrogen-bond donors (Lipinski definition) is 1. The van der Waals surface area contributed by atoms with Crippen LogP contribution in [-0.2, 0) is 4.79 Å². The number of rotatable bonds is 6. The number of ether oxygens (including phenoxy) is 1. The van der Waals surface area contributed by atoms with E-state index >= 15 is 0 Å². The van der Waals surface area contributed by atoms with Crippen LogP contribution in [0.25, 0.3) is 0 Å². The summed E-state index contributed by atoms with van der Waals surface area (Å²) in [7, 11) is 0. The standard InChI is InChI=1S/C16H24O3/c1-10(2)14(16(17)18)6-7-19-15-12(4)8-11(3)9-13(15)5/h8-10,14H,6-7H2,1-5H3,(H,17,18). The predicted molar refractivity (Wildman–Crippen MR) is 76.7 cm³/mol. The molecule has 0 fully saturated rings. The Kier molecular flexibility index (Phi) is 5.40. The second-order valence-electron chi connectivity index (χ2n) is 5.55. The molecular formula is C16H24O3. The minimum Gasteiger partial charge on any atom is -0.493 e. The van der Waals surface area contributed by atoms with E-state index < -0.39 is 5.97 Å². The van der Waals surface area contributed by atoms with Gasteiger partial charge in [0.2, 0.25) is 0 Å². The molecule has 1 N–H and O–H groups in total. The molecule has 1 aromatic carbocycles. The zero-order valence-corrected chi connectivity index (χ0v) is 12.5. The van der Waals surface area contributed by atoms with Gasteiger partial charge in [0.1, 0.15) is 5.75 Å². The summed E-state index contributed by atoms with van der Waals surface area (Å²) in [6.07, 6.45) is 0.541. The zero-order chi connectivity index (χ0) is 14.6. The van der Waals surface area contributed by atoms with Crippen LogP contribution in [0, 0.1) is 32.6 Å². The molecule has 0 aliphatic rings. The van der Waals surface area contributed by atoms with Gasteiger partial charge in [0.05, 0.1) is 12.5 Å². The molecule has 1 rings (SSSR count). The highest BCUT2D eigenvalue weighted by Gasteiger charge is 2.21. The fraction of sp³-hybridized carbons (Fsp3) is 0.562. The molecule has 0 amide bonds. The molecule has 3 nitrogen and oxygen atoms in total. The van der Waals surface area contributed by atoms with Crippen LogP contribution >= 0.6 is 0 Å². The molecule has 0 aromatic heterocycles. The van der Waals surface area contributed by atoms with Gasteiger partial charge in [-0.1, -0.05) is 31.5 Å². The second-order valence-corrected chi connectivity index (χ2v) is 5.55. The molecule has 0 spiro atoms. The first-order chi connectivity index (χ1) is 8.82. The van der Waals surface area contributed by atoms with Crippen LogP contribution < -0.4 is 4.74 Å². The summed E-state index contributed by atoms with van der Waals surface area (Å²) in [5, 5.41) is 9.13. The fourth-order valence-electron chi connectivity index (χ4n) is 2.42. The van der Waals surface area contributed by atoms with Crippen LogP contribution in [-0.4, -0.2) is 17.7 Å². The highest BCUT2D eigenvalue weighted by molar-refractivity contribution is 5.70. The number of carbonyl (C=O) groups is 1. The van der Waals surface area contributed by atoms with Crippen molar-refractivity contribution in [2.24, 2.45) is 11.8 Å². The third kappa shape index (κ3) is 4.27. The third-order valence-corrected chi connectivity index (χ3v) is 3.40. The van der Waals surface area contributed by atoms with E-state index in [9.17, 15) is 4.79 Å². The summed E-state index contributed by atoms with van der Waals surface area (Å²) in [5.41, 5.74) is 3.43. The van der Waals surface area contributed by atoms with Crippen LogP contribution in [0.4, 0.5) is 0 Å². The normalized spacial score (nSPS) is 12.5. The molecule has 3 heteroatoms. The van der Waals surface area contributed by atoms with Gasteiger partial charge in [-0.3, -0.25) is 4.79 Å². The summed E-state index contributed by atoms with van der Waals surface area (Å²) in [5.74, 6) is -0.0678. The molecule has 0 bridgehead atoms. The summed E-state index contributed by atoms with van der Waals surface area (Å²) >= 11 is 0. The first kappa shape index (κ1) is 15.5. The summed E-state index contributed by atoms with van der Waals surface area (Å²) in [4.78, 5) is 11.1. The van der Waals surface area contributed by atoms with Gasteiger partial charge in [-0.2, -0.15) is 0 Å². The SMILES string of the molecule is Cc1cc(C)c(OCCC(C(=O)O)C(C)C)c(C)c1. The largest absolute Gasteiger partial charge is 0.493 e. The van der Waals surface area contributed by atoms with Crippen molar-refractivity contribution in [1.82, 2.24) is 0 Å². The van der Waals surface area contributed by atoms with Crippen LogP contribution in [0.2, 0.25) is 0 Å². The molecule has 1 atom stereocenters. The number of carboxylic acids is 1. The van der Waals surface area contributed by atoms with E-state index in [-0.39, 0.29) is 11.8 Å². The van der Waals surface area contributed by atoms with E-state index in [2.05, 4.69) is 19.1 Å². The molecule has 1 aromatic rings. The molecule has 0 aliphatic heterocycles. The van der Waals surface area contributed by atoms with Gasteiger partial charge in [0.25, 0.3) is 0 Å². The zero-order valence-electron chi connectivity index (χ0n) is 12.5. The number of benzene rings is 1. The molecule has 0 saturated carbocycles. The van der Waals surface area contributed by atoms with Crippen molar-refractivity contribution in [1.29, 1.82) is 0 Å². The molecule has 0 radical (unpaired) electrons. The van der Waals surface area contributed by atoms with Crippen molar-refractivity contribution >= 4 is 5.97 Å². The Morgan fingerprint density at radius 1 is 1.21 bits per heavy atom. The van der Waals surface area contributed by atoms with E-state index in [4.69, 9.17) is 9.84 Å². The summed E-state index contributed by atoms with van der Waals surface area (Å²) in [6, 6.07) is 4.17. The van der Waals surface area contributed by atoms with Crippen molar-refractivity contribution in [3.63, 3.8) is 0 Å². The van der Waals surface area contributed by atoms with Crippen molar-refractivity contribution in [3.05, 3.63) is 28.8 Å². The lowest BCUT2D eigenvalue weighted by atomic mass is 9.93. The molecule has 0 aliphatic carbocycles. The monoisotopic (exact) mass is 264 g/mol. The Hall–Kier alpha value is -1.51. The van der Waals surface area contributed by atoms with Gasteiger partial charge < -0.3 is 9.84 Å². The average molecular weight is 264 g/mol. The minimum atomic E-state index is -0.740. The van der Waals surface area contributed by atoms with Crippen molar-refractivity contribution in [3.8, 4) is 5.75 Å². The maximum absolute atomic E-state index is 11.1. The number of aliphatic carboxylic acids is 1. The number of carboxylic acid groups (broad SMARTS) is 1. The molecule has 0 heterocycles. The van der Waals surface area contributed by atoms with E-state index in [0.29, 0.717) is 13.0 Å². The van der Waals surface area contributed by atoms with Crippen molar-refractivity contribution < 1.29 is 14.6 Å². The topological polar surface area (TPSA) is 46.5 Å². The Morgan fingerprint density at radius 2 is 1.74 bits per heavy atom. The van der Waals surface area contributed by atoms with E-state index in [1.54, 1.807) is 0 Å². The Labute approximate surface area is 115 Å². The van der Waals surface area contributed by atoms with E-state index in [1.165, 1.54) is 5.56 Å². The van der Waals surface area contributed by atoms with Crippen LogP contribution in [0.3, 0.4) is 0 Å². The van der Waals surface area contributed by atoms with Gasteiger partial charge in [-0.15, -0.1) is 0 Å². The number of hydrogen-bond acceptors (Lipinski definition) is 2. The minimum absolute atomic E-state index is 0.126. The van der Waals surface area contributed by atoms with Gasteiger partial charge in [0, 0.05) is 0 Å². The maximum Gasteiger partial charge on any atom is 0.306 e. The van der Waals surface area contributed by atoms with Gasteiger partial charge >= 0.3 is 5.97 Å². The maximum atomic E-state index is 11.1. The first-order valence-electron chi connectivity index (χ1n) is 6.76. The lowest BCUT2D eigenvalue weighted by molar-refractivity contribution is -0.143. The third-order valence-electron chi connectivity index (χ3n) is 3.40.